The zero-order chi connectivity index (χ0) is 20.2. The maximum Gasteiger partial charge on any atom is 0.319 e. The van der Waals surface area contributed by atoms with Crippen LogP contribution in [-0.4, -0.2) is 60.3 Å². The maximum atomic E-state index is 13.4. The van der Waals surface area contributed by atoms with Crippen LogP contribution < -0.4 is 0 Å². The smallest absolute Gasteiger partial charge is 0.319 e. The van der Waals surface area contributed by atoms with E-state index in [-0.39, 0.29) is 23.7 Å². The summed E-state index contributed by atoms with van der Waals surface area (Å²) in [4.78, 5) is 30.0. The van der Waals surface area contributed by atoms with Crippen molar-refractivity contribution in [3.8, 4) is 5.75 Å². The molecule has 4 aliphatic rings. The average Bonchev–Trinajstić information content (AvgIpc) is 3.05. The van der Waals surface area contributed by atoms with Crippen LogP contribution in [0.1, 0.15) is 30.5 Å². The zero-order valence-electron chi connectivity index (χ0n) is 16.5. The number of phenols is 1. The van der Waals surface area contributed by atoms with Crippen molar-refractivity contribution in [2.24, 2.45) is 11.8 Å². The van der Waals surface area contributed by atoms with Gasteiger partial charge in [0.05, 0.1) is 13.7 Å². The number of benzene rings is 1. The molecule has 3 fully saturated rings. The molecule has 1 saturated carbocycles. The number of carbonyl (C=O) groups excluding carboxylic acids is 2. The fourth-order valence-corrected chi connectivity index (χ4v) is 6.46. The third-order valence-corrected chi connectivity index (χ3v) is 7.29. The largest absolute Gasteiger partial charge is 0.508 e. The van der Waals surface area contributed by atoms with Gasteiger partial charge in [0, 0.05) is 35.7 Å². The van der Waals surface area contributed by atoms with E-state index < -0.39 is 5.41 Å². The maximum absolute atomic E-state index is 13.4. The summed E-state index contributed by atoms with van der Waals surface area (Å²) in [6, 6.07) is 5.34. The minimum atomic E-state index is -0.762. The SMILES string of the molecule is COC(=O)C12CC3CC(CCOC=O)C1N(CCc1c2[nH]c2ccc(O)cc12)C3. The molecule has 7 heteroatoms. The Morgan fingerprint density at radius 1 is 1.45 bits per heavy atom. The van der Waals surface area contributed by atoms with Crippen molar-refractivity contribution in [1.29, 1.82) is 0 Å². The summed E-state index contributed by atoms with van der Waals surface area (Å²) >= 11 is 0. The van der Waals surface area contributed by atoms with Gasteiger partial charge in [0.15, 0.2) is 0 Å². The number of aromatic hydroxyl groups is 1. The first-order valence-electron chi connectivity index (χ1n) is 10.3. The van der Waals surface area contributed by atoms with Gasteiger partial charge in [0.1, 0.15) is 11.2 Å². The van der Waals surface area contributed by atoms with Crippen molar-refractivity contribution < 1.29 is 24.2 Å². The van der Waals surface area contributed by atoms with Crippen LogP contribution in [0.2, 0.25) is 0 Å². The van der Waals surface area contributed by atoms with Crippen molar-refractivity contribution in [3.05, 3.63) is 29.5 Å². The third-order valence-electron chi connectivity index (χ3n) is 7.29. The molecular weight excluding hydrogens is 372 g/mol. The molecule has 2 aromatic rings. The number of carbonyl (C=O) groups is 2. The minimum absolute atomic E-state index is 0.0121. The van der Waals surface area contributed by atoms with Gasteiger partial charge in [-0.25, -0.2) is 0 Å². The molecule has 2 N–H and O–H groups in total. The van der Waals surface area contributed by atoms with Gasteiger partial charge < -0.3 is 19.6 Å². The van der Waals surface area contributed by atoms with Crippen molar-refractivity contribution in [1.82, 2.24) is 9.88 Å². The van der Waals surface area contributed by atoms with E-state index >= 15 is 0 Å². The Balaban J connectivity index is 1.69. The Kier molecular flexibility index (Phi) is 4.31. The highest BCUT2D eigenvalue weighted by Crippen LogP contribution is 2.55. The number of piperidine rings is 2. The highest BCUT2D eigenvalue weighted by Gasteiger charge is 2.62. The Morgan fingerprint density at radius 3 is 3.10 bits per heavy atom. The molecule has 4 bridgehead atoms. The molecule has 5 unspecified atom stereocenters. The van der Waals surface area contributed by atoms with E-state index in [4.69, 9.17) is 9.47 Å². The average molecular weight is 398 g/mol. The van der Waals surface area contributed by atoms with E-state index in [2.05, 4.69) is 9.88 Å². The third kappa shape index (κ3) is 2.60. The van der Waals surface area contributed by atoms with Crippen molar-refractivity contribution in [2.75, 3.05) is 26.8 Å². The van der Waals surface area contributed by atoms with Crippen LogP contribution in [0.25, 0.3) is 10.9 Å². The van der Waals surface area contributed by atoms with Gasteiger partial charge in [0.25, 0.3) is 6.47 Å². The van der Waals surface area contributed by atoms with Crippen LogP contribution >= 0.6 is 0 Å². The molecule has 0 radical (unpaired) electrons. The number of nitrogens with one attached hydrogen (secondary N) is 1. The number of hydrogen-bond acceptors (Lipinski definition) is 6. The molecular formula is C22H26N2O5. The molecule has 154 valence electrons. The first-order valence-corrected chi connectivity index (χ1v) is 10.3. The summed E-state index contributed by atoms with van der Waals surface area (Å²) < 4.78 is 10.4. The quantitative estimate of drug-likeness (QED) is 0.455. The zero-order valence-corrected chi connectivity index (χ0v) is 16.5. The molecule has 7 nitrogen and oxygen atoms in total. The number of rotatable bonds is 5. The van der Waals surface area contributed by atoms with E-state index in [0.717, 1.165) is 60.9 Å². The Morgan fingerprint density at radius 2 is 2.31 bits per heavy atom. The lowest BCUT2D eigenvalue weighted by atomic mass is 9.56. The van der Waals surface area contributed by atoms with Gasteiger partial charge in [-0.15, -0.1) is 0 Å². The van der Waals surface area contributed by atoms with Crippen LogP contribution in [0, 0.1) is 11.8 Å². The van der Waals surface area contributed by atoms with Crippen LogP contribution in [0.5, 0.6) is 5.75 Å². The predicted octanol–water partition coefficient (Wildman–Crippen LogP) is 2.11. The van der Waals surface area contributed by atoms with Crippen molar-refractivity contribution >= 4 is 23.3 Å². The lowest BCUT2D eigenvalue weighted by Gasteiger charge is -2.57. The molecule has 0 amide bonds. The number of esters is 1. The van der Waals surface area contributed by atoms with Gasteiger partial charge in [-0.05, 0) is 61.3 Å². The normalized spacial score (nSPS) is 32.4. The van der Waals surface area contributed by atoms with Crippen LogP contribution in [0.3, 0.4) is 0 Å². The molecule has 2 saturated heterocycles. The molecule has 1 aromatic carbocycles. The fraction of sp³-hybridized carbons (Fsp3) is 0.545. The van der Waals surface area contributed by atoms with Gasteiger partial charge in [-0.2, -0.15) is 0 Å². The molecule has 4 heterocycles. The van der Waals surface area contributed by atoms with Crippen LogP contribution in [0.15, 0.2) is 18.2 Å². The molecule has 5 atom stereocenters. The summed E-state index contributed by atoms with van der Waals surface area (Å²) in [6.07, 6.45) is 3.36. The lowest BCUT2D eigenvalue weighted by molar-refractivity contribution is -0.163. The summed E-state index contributed by atoms with van der Waals surface area (Å²) in [6.45, 7) is 2.71. The Hall–Kier alpha value is -2.54. The molecule has 3 aliphatic heterocycles. The van der Waals surface area contributed by atoms with Crippen LogP contribution in [0.4, 0.5) is 0 Å². The highest BCUT2D eigenvalue weighted by molar-refractivity contribution is 5.92. The number of nitrogens with zero attached hydrogens (tertiary/aromatic N) is 1. The molecule has 6 rings (SSSR count). The fourth-order valence-electron chi connectivity index (χ4n) is 6.46. The van der Waals surface area contributed by atoms with E-state index in [1.54, 1.807) is 12.1 Å². The number of aromatic nitrogens is 1. The first-order chi connectivity index (χ1) is 14.1. The minimum Gasteiger partial charge on any atom is -0.508 e. The number of methoxy groups -OCH3 is 1. The Labute approximate surface area is 169 Å². The number of H-pyrrole nitrogens is 1. The number of ether oxygens (including phenoxy) is 2. The predicted molar refractivity (Wildman–Crippen MR) is 106 cm³/mol. The summed E-state index contributed by atoms with van der Waals surface area (Å²) in [5.74, 6) is 0.680. The van der Waals surface area contributed by atoms with Gasteiger partial charge in [-0.1, -0.05) is 0 Å². The number of aromatic amines is 1. The summed E-state index contributed by atoms with van der Waals surface area (Å²) in [5, 5.41) is 11.0. The second kappa shape index (κ2) is 6.76. The molecule has 1 aromatic heterocycles. The van der Waals surface area contributed by atoms with Crippen LogP contribution in [-0.2, 0) is 30.9 Å². The first kappa shape index (κ1) is 18.5. The van der Waals surface area contributed by atoms with Gasteiger partial charge in [-0.3, -0.25) is 14.5 Å². The van der Waals surface area contributed by atoms with Gasteiger partial charge >= 0.3 is 5.97 Å². The van der Waals surface area contributed by atoms with E-state index in [1.807, 2.05) is 6.07 Å². The standard InChI is InChI=1S/C22H26N2O5/c1-28-21(27)22-10-13-8-14(5-7-29-12-25)20(22)24(11-13)6-4-16-17-9-15(26)2-3-18(17)23-19(16)22/h2-3,9,12-14,20,23,26H,4-8,10-11H2,1H3. The Bertz CT molecular complexity index is 970. The summed E-state index contributed by atoms with van der Waals surface area (Å²) in [7, 11) is 1.47. The van der Waals surface area contributed by atoms with E-state index in [0.29, 0.717) is 19.0 Å². The van der Waals surface area contributed by atoms with E-state index in [1.165, 1.54) is 7.11 Å². The van der Waals surface area contributed by atoms with E-state index in [9.17, 15) is 14.7 Å². The molecule has 1 aliphatic carbocycles. The second-order valence-electron chi connectivity index (χ2n) is 8.68. The van der Waals surface area contributed by atoms with Gasteiger partial charge in [0.2, 0.25) is 0 Å². The monoisotopic (exact) mass is 398 g/mol. The second-order valence-corrected chi connectivity index (χ2v) is 8.68. The van der Waals surface area contributed by atoms with Crippen molar-refractivity contribution in [3.63, 3.8) is 0 Å². The molecule has 29 heavy (non-hydrogen) atoms. The number of fused-ring (bicyclic) bond motifs is 4. The summed E-state index contributed by atoms with van der Waals surface area (Å²) in [5.41, 5.74) is 2.23. The number of phenolic OH excluding ortho intramolecular Hbond substituents is 1. The lowest BCUT2D eigenvalue weighted by Crippen LogP contribution is -2.67. The number of hydrogen-bond donors (Lipinski definition) is 2. The van der Waals surface area contributed by atoms with Crippen molar-refractivity contribution in [2.45, 2.75) is 37.1 Å². The topological polar surface area (TPSA) is 91.9 Å². The molecule has 0 spiro atoms. The highest BCUT2D eigenvalue weighted by atomic mass is 16.5.